The molecule has 2 N–H and O–H groups in total. The van der Waals surface area contributed by atoms with E-state index in [0.29, 0.717) is 18.4 Å². The van der Waals surface area contributed by atoms with Crippen LogP contribution in [0.1, 0.15) is 24.8 Å². The number of nitrogens with one attached hydrogen (secondary N) is 2. The Labute approximate surface area is 196 Å². The molecule has 1 heterocycles. The zero-order valence-corrected chi connectivity index (χ0v) is 19.3. The summed E-state index contributed by atoms with van der Waals surface area (Å²) in [6, 6.07) is 9.34. The number of halogens is 1. The number of carbonyl (C=O) groups excluding carboxylic acids is 3. The van der Waals surface area contributed by atoms with Crippen LogP contribution in [0.3, 0.4) is 0 Å². The topological polar surface area (TPSA) is 113 Å². The summed E-state index contributed by atoms with van der Waals surface area (Å²) < 4.78 is 41.2. The first-order chi connectivity index (χ1) is 16.2. The van der Waals surface area contributed by atoms with Crippen molar-refractivity contribution < 1.29 is 27.2 Å². The Kier molecular flexibility index (Phi) is 6.52. The largest absolute Gasteiger partial charge is 0.326 e. The van der Waals surface area contributed by atoms with Gasteiger partial charge in [-0.25, -0.2) is 12.8 Å². The lowest BCUT2D eigenvalue weighted by Gasteiger charge is -2.15. The molecule has 0 unspecified atom stereocenters. The maximum absolute atomic E-state index is 13.1. The highest BCUT2D eigenvalue weighted by Crippen LogP contribution is 2.35. The molecule has 2 aromatic rings. The van der Waals surface area contributed by atoms with Gasteiger partial charge < -0.3 is 5.32 Å². The summed E-state index contributed by atoms with van der Waals surface area (Å²) in [7, 11) is -3.99. The summed E-state index contributed by atoms with van der Waals surface area (Å²) in [5.41, 5.74) is 0.912. The van der Waals surface area contributed by atoms with E-state index in [1.807, 2.05) is 12.2 Å². The fraction of sp³-hybridized carbons (Fsp3) is 0.292. The Bertz CT molecular complexity index is 1250. The van der Waals surface area contributed by atoms with Crippen molar-refractivity contribution >= 4 is 39.1 Å². The minimum atomic E-state index is -3.99. The number of likely N-dealkylation sites (tertiary alicyclic amines) is 1. The Morgan fingerprint density at radius 2 is 1.59 bits per heavy atom. The zero-order valence-electron chi connectivity index (χ0n) is 18.5. The van der Waals surface area contributed by atoms with Crippen LogP contribution in [0.4, 0.5) is 15.8 Å². The molecule has 0 radical (unpaired) electrons. The van der Waals surface area contributed by atoms with E-state index in [1.165, 1.54) is 18.2 Å². The van der Waals surface area contributed by atoms with Crippen molar-refractivity contribution in [2.75, 3.05) is 16.6 Å². The number of sulfonamides is 1. The van der Waals surface area contributed by atoms with E-state index in [0.717, 1.165) is 17.0 Å². The summed E-state index contributed by atoms with van der Waals surface area (Å²) in [4.78, 5) is 38.7. The van der Waals surface area contributed by atoms with Gasteiger partial charge in [0, 0.05) is 24.3 Å². The Morgan fingerprint density at radius 1 is 1.00 bits per heavy atom. The lowest BCUT2D eigenvalue weighted by atomic mass is 9.85. The number of hydrogen-bond acceptors (Lipinski definition) is 5. The standard InChI is InChI=1S/C24H24FN3O5S/c1-15-6-9-18(14-21(15)34(32,33)27-17-10-7-16(25)8-11-17)26-22(29)12-13-28-23(30)19-4-2-3-5-20(19)24(28)31/h2-3,6-11,14,19-20,27H,4-5,12-13H2,1H3,(H,26,29)/t19-,20-/m0/s1. The van der Waals surface area contributed by atoms with Gasteiger partial charge in [0.1, 0.15) is 5.82 Å². The highest BCUT2D eigenvalue weighted by atomic mass is 32.2. The zero-order chi connectivity index (χ0) is 24.5. The maximum Gasteiger partial charge on any atom is 0.262 e. The second kappa shape index (κ2) is 9.38. The van der Waals surface area contributed by atoms with Crippen LogP contribution in [-0.4, -0.2) is 37.6 Å². The average Bonchev–Trinajstić information content (AvgIpc) is 3.05. The number of carbonyl (C=O) groups is 3. The first-order valence-electron chi connectivity index (χ1n) is 10.8. The van der Waals surface area contributed by atoms with Crippen LogP contribution >= 0.6 is 0 Å². The van der Waals surface area contributed by atoms with Crippen molar-refractivity contribution in [3.8, 4) is 0 Å². The molecule has 0 bridgehead atoms. The molecular formula is C24H24FN3O5S. The average molecular weight is 486 g/mol. The minimum absolute atomic E-state index is 0.0281. The molecule has 0 aromatic heterocycles. The molecule has 3 amide bonds. The lowest BCUT2D eigenvalue weighted by Crippen LogP contribution is -2.34. The van der Waals surface area contributed by atoms with E-state index >= 15 is 0 Å². The number of anilines is 2. The predicted octanol–water partition coefficient (Wildman–Crippen LogP) is 3.21. The van der Waals surface area contributed by atoms with E-state index < -0.39 is 21.7 Å². The minimum Gasteiger partial charge on any atom is -0.326 e. The fourth-order valence-electron chi connectivity index (χ4n) is 4.22. The van der Waals surface area contributed by atoms with Gasteiger partial charge in [0.05, 0.1) is 16.7 Å². The third-order valence-corrected chi connectivity index (χ3v) is 7.54. The Hall–Kier alpha value is -3.53. The second-order valence-electron chi connectivity index (χ2n) is 8.37. The molecule has 2 aliphatic rings. The quantitative estimate of drug-likeness (QED) is 0.462. The van der Waals surface area contributed by atoms with Crippen molar-refractivity contribution in [2.45, 2.75) is 31.1 Å². The highest BCUT2D eigenvalue weighted by Gasteiger charge is 2.46. The van der Waals surface area contributed by atoms with Gasteiger partial charge in [-0.15, -0.1) is 0 Å². The summed E-state index contributed by atoms with van der Waals surface area (Å²) in [6.07, 6.45) is 4.76. The van der Waals surface area contributed by atoms with Gasteiger partial charge >= 0.3 is 0 Å². The van der Waals surface area contributed by atoms with Crippen LogP contribution < -0.4 is 10.0 Å². The molecule has 2 aromatic carbocycles. The van der Waals surface area contributed by atoms with Crippen LogP contribution in [0.25, 0.3) is 0 Å². The van der Waals surface area contributed by atoms with Gasteiger partial charge in [0.25, 0.3) is 10.0 Å². The SMILES string of the molecule is Cc1ccc(NC(=O)CCN2C(=O)[C@H]3CC=CC[C@@H]3C2=O)cc1S(=O)(=O)Nc1ccc(F)cc1. The molecular weight excluding hydrogens is 461 g/mol. The summed E-state index contributed by atoms with van der Waals surface area (Å²) >= 11 is 0. The highest BCUT2D eigenvalue weighted by molar-refractivity contribution is 7.92. The monoisotopic (exact) mass is 485 g/mol. The first-order valence-corrected chi connectivity index (χ1v) is 12.3. The summed E-state index contributed by atoms with van der Waals surface area (Å²) in [5, 5.41) is 2.63. The summed E-state index contributed by atoms with van der Waals surface area (Å²) in [5.74, 6) is -2.13. The van der Waals surface area contributed by atoms with Gasteiger partial charge in [0.2, 0.25) is 17.7 Å². The number of amides is 3. The molecule has 1 aliphatic carbocycles. The van der Waals surface area contributed by atoms with E-state index in [4.69, 9.17) is 0 Å². The van der Waals surface area contributed by atoms with Crippen molar-refractivity contribution in [1.29, 1.82) is 0 Å². The predicted molar refractivity (Wildman–Crippen MR) is 124 cm³/mol. The van der Waals surface area contributed by atoms with Crippen LogP contribution in [0.2, 0.25) is 0 Å². The first kappa shape index (κ1) is 23.6. The number of fused-ring (bicyclic) bond motifs is 1. The molecule has 8 nitrogen and oxygen atoms in total. The Morgan fingerprint density at radius 3 is 2.21 bits per heavy atom. The van der Waals surface area contributed by atoms with Gasteiger partial charge in [-0.3, -0.25) is 24.0 Å². The van der Waals surface area contributed by atoms with Crippen molar-refractivity contribution in [3.05, 3.63) is 66.0 Å². The summed E-state index contributed by atoms with van der Waals surface area (Å²) in [6.45, 7) is 1.59. The van der Waals surface area contributed by atoms with Gasteiger partial charge in [-0.05, 0) is 61.7 Å². The van der Waals surface area contributed by atoms with Crippen molar-refractivity contribution in [2.24, 2.45) is 11.8 Å². The molecule has 0 spiro atoms. The van der Waals surface area contributed by atoms with Crippen LogP contribution in [-0.2, 0) is 24.4 Å². The lowest BCUT2D eigenvalue weighted by molar-refractivity contribution is -0.140. The third kappa shape index (κ3) is 4.86. The third-order valence-electron chi connectivity index (χ3n) is 6.02. The number of benzene rings is 2. The molecule has 0 saturated carbocycles. The van der Waals surface area contributed by atoms with E-state index in [-0.39, 0.29) is 52.9 Å². The fourth-order valence-corrected chi connectivity index (χ4v) is 5.55. The van der Waals surface area contributed by atoms with E-state index in [2.05, 4.69) is 10.0 Å². The molecule has 4 rings (SSSR count). The molecule has 178 valence electrons. The van der Waals surface area contributed by atoms with Crippen LogP contribution in [0.15, 0.2) is 59.5 Å². The maximum atomic E-state index is 13.1. The number of aryl methyl sites for hydroxylation is 1. The van der Waals surface area contributed by atoms with Crippen LogP contribution in [0, 0.1) is 24.6 Å². The number of rotatable bonds is 7. The van der Waals surface area contributed by atoms with Gasteiger partial charge in [0.15, 0.2) is 0 Å². The van der Waals surface area contributed by atoms with Crippen LogP contribution in [0.5, 0.6) is 0 Å². The molecule has 1 aliphatic heterocycles. The number of nitrogens with zero attached hydrogens (tertiary/aromatic N) is 1. The van der Waals surface area contributed by atoms with Gasteiger partial charge in [-0.2, -0.15) is 0 Å². The van der Waals surface area contributed by atoms with E-state index in [1.54, 1.807) is 19.1 Å². The smallest absolute Gasteiger partial charge is 0.262 e. The number of imide groups is 1. The molecule has 34 heavy (non-hydrogen) atoms. The normalized spacial score (nSPS) is 19.8. The molecule has 1 fully saturated rings. The number of allylic oxidation sites excluding steroid dienone is 2. The molecule has 10 heteroatoms. The van der Waals surface area contributed by atoms with Crippen molar-refractivity contribution in [3.63, 3.8) is 0 Å². The molecule has 1 saturated heterocycles. The van der Waals surface area contributed by atoms with Gasteiger partial charge in [-0.1, -0.05) is 18.2 Å². The number of hydrogen-bond donors (Lipinski definition) is 2. The Balaban J connectivity index is 1.41. The molecule has 2 atom stereocenters. The van der Waals surface area contributed by atoms with Crippen molar-refractivity contribution in [1.82, 2.24) is 4.90 Å². The second-order valence-corrected chi connectivity index (χ2v) is 10.0. The van der Waals surface area contributed by atoms with E-state index in [9.17, 15) is 27.2 Å².